The Morgan fingerprint density at radius 3 is 2.62 bits per heavy atom. The minimum Gasteiger partial charge on any atom is -0.497 e. The number of hydrogen-bond acceptors (Lipinski definition) is 7. The number of urea groups is 1. The van der Waals surface area contributed by atoms with Crippen LogP contribution >= 0.6 is 11.8 Å². The molecule has 1 unspecified atom stereocenters. The smallest absolute Gasteiger partial charge is 0.497 e. The average Bonchev–Trinajstić information content (AvgIpc) is 3.48. The summed E-state index contributed by atoms with van der Waals surface area (Å²) in [6, 6.07) is 11.9. The topological polar surface area (TPSA) is 88.5 Å². The molecule has 3 heterocycles. The number of benzene rings is 2. The van der Waals surface area contributed by atoms with E-state index in [1.807, 2.05) is 0 Å². The molecule has 0 saturated carbocycles. The summed E-state index contributed by atoms with van der Waals surface area (Å²) in [5, 5.41) is 5.17. The first kappa shape index (κ1) is 20.1. The van der Waals surface area contributed by atoms with E-state index in [1.54, 1.807) is 55.0 Å². The molecule has 3 amide bonds. The monoisotopic (exact) mass is 451 g/mol. The molecule has 1 aromatic heterocycles. The first-order valence-electron chi connectivity index (χ1n) is 9.62. The number of aromatic nitrogens is 2. The van der Waals surface area contributed by atoms with Crippen LogP contribution in [-0.2, 0) is 11.3 Å². The highest BCUT2D eigenvalue weighted by Crippen LogP contribution is 2.32. The number of ether oxygens (including phenoxy) is 1. The fourth-order valence-electron chi connectivity index (χ4n) is 3.50. The lowest BCUT2D eigenvalue weighted by atomic mass is 10.1. The van der Waals surface area contributed by atoms with Gasteiger partial charge in [-0.05, 0) is 60.0 Å². The van der Waals surface area contributed by atoms with E-state index in [2.05, 4.69) is 10.1 Å². The Labute approximate surface area is 186 Å². The summed E-state index contributed by atoms with van der Waals surface area (Å²) in [5.41, 5.74) is 1.59. The third-order valence-corrected chi connectivity index (χ3v) is 6.10. The van der Waals surface area contributed by atoms with Crippen molar-refractivity contribution in [3.05, 3.63) is 71.7 Å². The number of thioether (sulfide) groups is 1. The molecule has 5 rings (SSSR count). The van der Waals surface area contributed by atoms with Gasteiger partial charge in [0, 0.05) is 5.56 Å². The average molecular weight is 451 g/mol. The number of nitrogens with zero attached hydrogens (tertiary/aromatic N) is 4. The molecule has 0 bridgehead atoms. The van der Waals surface area contributed by atoms with Crippen molar-refractivity contribution in [2.75, 3.05) is 12.0 Å². The fraction of sp³-hybridized carbons (Fsp3) is 0.136. The Hall–Kier alpha value is -3.79. The van der Waals surface area contributed by atoms with Crippen molar-refractivity contribution in [1.82, 2.24) is 10.1 Å². The van der Waals surface area contributed by atoms with Crippen LogP contribution in [0.1, 0.15) is 5.89 Å². The van der Waals surface area contributed by atoms with Gasteiger partial charge in [-0.25, -0.2) is 9.18 Å². The number of hydrogen-bond donors (Lipinski definition) is 0. The van der Waals surface area contributed by atoms with Crippen molar-refractivity contribution in [2.45, 2.75) is 11.8 Å². The second kappa shape index (κ2) is 8.04. The fourth-order valence-corrected chi connectivity index (χ4v) is 4.44. The maximum Gasteiger partial charge on any atom is 0.506 e. The molecule has 0 fully saturated rings. The van der Waals surface area contributed by atoms with Gasteiger partial charge in [-0.3, -0.25) is 0 Å². The van der Waals surface area contributed by atoms with Crippen LogP contribution in [0.2, 0.25) is 0 Å². The molecule has 2 aromatic carbocycles. The standard InChI is InChI=1S/C22H16FN4O4S/c1-30-16-8-6-15(7-9-16)27-21(28)19-17(10-11-32-19)26(22(27)29)12-18-24-20(25-31-18)13-2-4-14(23)5-3-13/h2-11,19H,12H2,1H3/q+1. The third-order valence-electron chi connectivity index (χ3n) is 5.10. The molecule has 0 N–H and O–H groups in total. The van der Waals surface area contributed by atoms with Gasteiger partial charge in [-0.2, -0.15) is 14.4 Å². The van der Waals surface area contributed by atoms with Crippen LogP contribution in [0.25, 0.3) is 11.4 Å². The number of fused-ring (bicyclic) bond motifs is 1. The van der Waals surface area contributed by atoms with Gasteiger partial charge in [-0.15, -0.1) is 16.7 Å². The molecule has 2 aliphatic rings. The SMILES string of the molecule is COc1ccc(N2C(=O)C3SC=CC3=[N+](Cc3nc(-c4ccc(F)cc4)no3)C2=O)cc1. The summed E-state index contributed by atoms with van der Waals surface area (Å²) in [7, 11) is 1.54. The molecule has 32 heavy (non-hydrogen) atoms. The minimum absolute atomic E-state index is 0.0102. The van der Waals surface area contributed by atoms with Crippen LogP contribution in [0.3, 0.4) is 0 Å². The van der Waals surface area contributed by atoms with E-state index < -0.39 is 11.3 Å². The number of carbonyl (C=O) groups excluding carboxylic acids is 2. The number of anilines is 1. The summed E-state index contributed by atoms with van der Waals surface area (Å²) < 4.78 is 25.1. The number of carbonyl (C=O) groups is 2. The third kappa shape index (κ3) is 3.48. The van der Waals surface area contributed by atoms with Gasteiger partial charge < -0.3 is 9.26 Å². The van der Waals surface area contributed by atoms with Gasteiger partial charge in [0.1, 0.15) is 23.0 Å². The molecule has 2 aliphatic heterocycles. The van der Waals surface area contributed by atoms with E-state index in [1.165, 1.54) is 28.5 Å². The second-order valence-corrected chi connectivity index (χ2v) is 8.02. The maximum absolute atomic E-state index is 13.4. The number of imide groups is 1. The van der Waals surface area contributed by atoms with E-state index in [9.17, 15) is 14.0 Å². The summed E-state index contributed by atoms with van der Waals surface area (Å²) >= 11 is 1.33. The Balaban J connectivity index is 1.47. The van der Waals surface area contributed by atoms with Crippen molar-refractivity contribution in [1.29, 1.82) is 0 Å². The highest BCUT2D eigenvalue weighted by Gasteiger charge is 2.50. The highest BCUT2D eigenvalue weighted by atomic mass is 32.2. The Bertz CT molecular complexity index is 1270. The minimum atomic E-state index is -0.547. The molecule has 0 aliphatic carbocycles. The molecule has 1 atom stereocenters. The molecule has 160 valence electrons. The van der Waals surface area contributed by atoms with Crippen LogP contribution in [0.15, 0.2) is 64.5 Å². The molecule has 0 spiro atoms. The summed E-state index contributed by atoms with van der Waals surface area (Å²) in [4.78, 5) is 31.9. The van der Waals surface area contributed by atoms with Crippen molar-refractivity contribution in [2.24, 2.45) is 0 Å². The lowest BCUT2D eigenvalue weighted by Gasteiger charge is -2.23. The van der Waals surface area contributed by atoms with Gasteiger partial charge in [0.25, 0.3) is 5.89 Å². The van der Waals surface area contributed by atoms with E-state index in [0.29, 0.717) is 22.7 Å². The Morgan fingerprint density at radius 1 is 1.16 bits per heavy atom. The second-order valence-electron chi connectivity index (χ2n) is 7.00. The number of amides is 3. The molecule has 0 saturated heterocycles. The van der Waals surface area contributed by atoms with Crippen molar-refractivity contribution in [3.8, 4) is 17.1 Å². The predicted molar refractivity (Wildman–Crippen MR) is 115 cm³/mol. The molecular formula is C22H16FN4O4S+. The van der Waals surface area contributed by atoms with Crippen LogP contribution in [0.5, 0.6) is 5.75 Å². The molecule has 10 heteroatoms. The van der Waals surface area contributed by atoms with Crippen molar-refractivity contribution in [3.63, 3.8) is 0 Å². The maximum atomic E-state index is 13.4. The van der Waals surface area contributed by atoms with Crippen molar-refractivity contribution >= 4 is 35.1 Å². The molecule has 8 nitrogen and oxygen atoms in total. The van der Waals surface area contributed by atoms with E-state index in [-0.39, 0.29) is 30.0 Å². The largest absolute Gasteiger partial charge is 0.506 e. The number of allylic oxidation sites excluding steroid dienone is 1. The lowest BCUT2D eigenvalue weighted by Crippen LogP contribution is -2.55. The molecular weight excluding hydrogens is 435 g/mol. The van der Waals surface area contributed by atoms with Crippen LogP contribution in [-0.4, -0.2) is 44.7 Å². The molecule has 3 aromatic rings. The number of methoxy groups -OCH3 is 1. The normalized spacial score (nSPS) is 17.8. The quantitative estimate of drug-likeness (QED) is 0.547. The first-order valence-corrected chi connectivity index (χ1v) is 10.6. The van der Waals surface area contributed by atoms with Gasteiger partial charge >= 0.3 is 11.9 Å². The zero-order chi connectivity index (χ0) is 22.2. The van der Waals surface area contributed by atoms with E-state index in [0.717, 1.165) is 4.90 Å². The van der Waals surface area contributed by atoms with E-state index in [4.69, 9.17) is 9.26 Å². The van der Waals surface area contributed by atoms with Crippen LogP contribution in [0, 0.1) is 5.82 Å². The lowest BCUT2D eigenvalue weighted by molar-refractivity contribution is -0.448. The predicted octanol–water partition coefficient (Wildman–Crippen LogP) is 3.63. The molecule has 0 radical (unpaired) electrons. The summed E-state index contributed by atoms with van der Waals surface area (Å²) in [6.07, 6.45) is 1.74. The van der Waals surface area contributed by atoms with Gasteiger partial charge in [-0.1, -0.05) is 5.16 Å². The Morgan fingerprint density at radius 2 is 1.91 bits per heavy atom. The van der Waals surface area contributed by atoms with Gasteiger partial charge in [0.15, 0.2) is 11.8 Å². The van der Waals surface area contributed by atoms with Crippen molar-refractivity contribution < 1.29 is 27.8 Å². The van der Waals surface area contributed by atoms with Crippen LogP contribution < -0.4 is 9.64 Å². The number of rotatable bonds is 5. The summed E-state index contributed by atoms with van der Waals surface area (Å²) in [6.45, 7) is -0.0102. The van der Waals surface area contributed by atoms with Gasteiger partial charge in [0.2, 0.25) is 5.82 Å². The zero-order valence-corrected chi connectivity index (χ0v) is 17.6. The highest BCUT2D eigenvalue weighted by molar-refractivity contribution is 8.04. The Kier molecular flexibility index (Phi) is 5.06. The van der Waals surface area contributed by atoms with Gasteiger partial charge in [0.05, 0.1) is 7.11 Å². The summed E-state index contributed by atoms with van der Waals surface area (Å²) in [5.74, 6) is 0.404. The van der Waals surface area contributed by atoms with Crippen LogP contribution in [0.4, 0.5) is 14.9 Å². The number of halogens is 1. The zero-order valence-electron chi connectivity index (χ0n) is 16.8. The first-order chi connectivity index (χ1) is 15.5. The van der Waals surface area contributed by atoms with E-state index >= 15 is 0 Å².